The van der Waals surface area contributed by atoms with E-state index < -0.39 is 21.1 Å². The zero-order valence-corrected chi connectivity index (χ0v) is 7.87. The maximum atomic E-state index is 8.57. The molecule has 6 heteroatoms. The van der Waals surface area contributed by atoms with Gasteiger partial charge in [0.25, 0.3) is 0 Å². The second-order valence-corrected chi connectivity index (χ2v) is 1.85. The second kappa shape index (κ2) is 10.6. The highest BCUT2D eigenvalue weighted by molar-refractivity contribution is 7.16. The number of rotatable bonds is 4. The van der Waals surface area contributed by atoms with Crippen molar-refractivity contribution in [3.8, 4) is 0 Å². The Morgan fingerprint density at radius 3 is 1.75 bits per heavy atom. The van der Waals surface area contributed by atoms with Crippen molar-refractivity contribution in [2.75, 3.05) is 0 Å². The minimum Gasteiger partial charge on any atom is -0.348 e. The van der Waals surface area contributed by atoms with Gasteiger partial charge in [-0.3, -0.25) is 4.57 Å². The van der Waals surface area contributed by atoms with Crippen LogP contribution in [0.4, 0.5) is 0 Å². The molecule has 0 aliphatic rings. The Bertz CT molecular complexity index is 131. The largest absolute Gasteiger partial charge is 0.348 e. The van der Waals surface area contributed by atoms with Gasteiger partial charge in [-0.1, -0.05) is 13.2 Å². The van der Waals surface area contributed by atoms with Gasteiger partial charge in [-0.15, -0.1) is 0 Å². The molecule has 3 atom stereocenters. The van der Waals surface area contributed by atoms with Gasteiger partial charge in [0.2, 0.25) is 0 Å². The first-order valence-corrected chi connectivity index (χ1v) is 4.10. The summed E-state index contributed by atoms with van der Waals surface area (Å²) in [7, 11) is -1.50. The molecule has 0 aromatic rings. The summed E-state index contributed by atoms with van der Waals surface area (Å²) in [5.74, 6) is 0. The SMILES string of the molecule is C=CC(N)OC(N)C=C.O=[PH2]O. The van der Waals surface area contributed by atoms with Crippen LogP contribution in [-0.4, -0.2) is 17.3 Å². The fourth-order valence-electron chi connectivity index (χ4n) is 0.293. The molecule has 0 rings (SSSR count). The van der Waals surface area contributed by atoms with Crippen molar-refractivity contribution in [3.05, 3.63) is 25.3 Å². The predicted molar refractivity (Wildman–Crippen MR) is 50.0 cm³/mol. The molecule has 72 valence electrons. The standard InChI is InChI=1S/C6H12N2O.H3O2P/c1-3-5(7)9-6(8)4-2;1-3-2/h3-6H,1-2,7-8H2;3H2,(H,1,2). The Labute approximate surface area is 73.0 Å². The van der Waals surface area contributed by atoms with E-state index >= 15 is 0 Å². The Morgan fingerprint density at radius 1 is 1.33 bits per heavy atom. The lowest BCUT2D eigenvalue weighted by Gasteiger charge is -2.11. The molecule has 0 amide bonds. The summed E-state index contributed by atoms with van der Waals surface area (Å²) in [5, 5.41) is 0. The Morgan fingerprint density at radius 2 is 1.58 bits per heavy atom. The highest BCUT2D eigenvalue weighted by Crippen LogP contribution is 1.88. The first-order valence-electron chi connectivity index (χ1n) is 3.12. The molecule has 0 saturated carbocycles. The summed E-state index contributed by atoms with van der Waals surface area (Å²) in [6, 6.07) is 0. The Balaban J connectivity index is 0. The van der Waals surface area contributed by atoms with Gasteiger partial charge >= 0.3 is 0 Å². The molecule has 0 aromatic carbocycles. The van der Waals surface area contributed by atoms with Crippen LogP contribution in [0.25, 0.3) is 0 Å². The monoisotopic (exact) mass is 194 g/mol. The van der Waals surface area contributed by atoms with Crippen molar-refractivity contribution in [1.82, 2.24) is 0 Å². The van der Waals surface area contributed by atoms with Gasteiger partial charge in [0, 0.05) is 0 Å². The van der Waals surface area contributed by atoms with Crippen molar-refractivity contribution < 1.29 is 14.2 Å². The van der Waals surface area contributed by atoms with Gasteiger partial charge in [0.05, 0.1) is 0 Å². The van der Waals surface area contributed by atoms with Gasteiger partial charge in [-0.2, -0.15) is 0 Å². The molecule has 0 aliphatic carbocycles. The lowest BCUT2D eigenvalue weighted by Crippen LogP contribution is -2.31. The van der Waals surface area contributed by atoms with Crippen LogP contribution in [0.1, 0.15) is 0 Å². The number of hydrogen-bond donors (Lipinski definition) is 3. The van der Waals surface area contributed by atoms with E-state index in [1.54, 1.807) is 0 Å². The molecule has 0 heterocycles. The van der Waals surface area contributed by atoms with E-state index in [1.165, 1.54) is 12.2 Å². The summed E-state index contributed by atoms with van der Waals surface area (Å²) in [6.45, 7) is 6.82. The van der Waals surface area contributed by atoms with Crippen LogP contribution in [0.2, 0.25) is 0 Å². The highest BCUT2D eigenvalue weighted by Gasteiger charge is 1.99. The quantitative estimate of drug-likeness (QED) is 0.321. The smallest absolute Gasteiger partial charge is 0.177 e. The minimum atomic E-state index is -1.50. The van der Waals surface area contributed by atoms with Gasteiger partial charge in [-0.25, -0.2) is 0 Å². The van der Waals surface area contributed by atoms with E-state index in [4.69, 9.17) is 25.7 Å². The normalized spacial score (nSPS) is 14.6. The summed E-state index contributed by atoms with van der Waals surface area (Å²) in [5.41, 5.74) is 10.6. The van der Waals surface area contributed by atoms with E-state index in [0.29, 0.717) is 0 Å². The summed E-state index contributed by atoms with van der Waals surface area (Å²) < 4.78 is 13.4. The fourth-order valence-corrected chi connectivity index (χ4v) is 0.293. The number of nitrogens with two attached hydrogens (primary N) is 2. The van der Waals surface area contributed by atoms with Gasteiger partial charge in [-0.05, 0) is 12.2 Å². The van der Waals surface area contributed by atoms with Crippen molar-refractivity contribution in [2.45, 2.75) is 12.5 Å². The van der Waals surface area contributed by atoms with E-state index in [2.05, 4.69) is 13.2 Å². The minimum absolute atomic E-state index is 0.502. The van der Waals surface area contributed by atoms with Gasteiger partial charge < -0.3 is 21.1 Å². The van der Waals surface area contributed by atoms with E-state index in [1.807, 2.05) is 0 Å². The third-order valence-electron chi connectivity index (χ3n) is 0.779. The molecular weight excluding hydrogens is 179 g/mol. The van der Waals surface area contributed by atoms with Crippen molar-refractivity contribution >= 4 is 8.69 Å². The Kier molecular flexibility index (Phi) is 12.4. The van der Waals surface area contributed by atoms with Crippen LogP contribution in [0.15, 0.2) is 25.3 Å². The van der Waals surface area contributed by atoms with Crippen LogP contribution in [-0.2, 0) is 9.30 Å². The highest BCUT2D eigenvalue weighted by atomic mass is 31.1. The third-order valence-corrected chi connectivity index (χ3v) is 0.779. The molecule has 3 unspecified atom stereocenters. The molecule has 0 aromatic heterocycles. The first kappa shape index (κ1) is 14.1. The van der Waals surface area contributed by atoms with Crippen molar-refractivity contribution in [3.63, 3.8) is 0 Å². The summed E-state index contributed by atoms with van der Waals surface area (Å²) >= 11 is 0. The van der Waals surface area contributed by atoms with Crippen molar-refractivity contribution in [1.29, 1.82) is 0 Å². The van der Waals surface area contributed by atoms with Crippen LogP contribution in [0.3, 0.4) is 0 Å². The first-order chi connectivity index (χ1) is 5.62. The average Bonchev–Trinajstić information content (AvgIpc) is 2.05. The molecule has 0 fully saturated rings. The molecular formula is C6H15N2O3P. The molecule has 0 radical (unpaired) electrons. The van der Waals surface area contributed by atoms with E-state index in [9.17, 15) is 0 Å². The lowest BCUT2D eigenvalue weighted by molar-refractivity contribution is 0.0495. The maximum absolute atomic E-state index is 8.57. The van der Waals surface area contributed by atoms with Gasteiger partial charge in [0.15, 0.2) is 8.69 Å². The van der Waals surface area contributed by atoms with Crippen molar-refractivity contribution in [2.24, 2.45) is 11.5 Å². The zero-order chi connectivity index (χ0) is 9.98. The summed E-state index contributed by atoms with van der Waals surface area (Å²) in [6.07, 6.45) is 1.92. The number of ether oxygens (including phenoxy) is 1. The topological polar surface area (TPSA) is 98.6 Å². The fraction of sp³-hybridized carbons (Fsp3) is 0.333. The van der Waals surface area contributed by atoms with Crippen LogP contribution < -0.4 is 11.5 Å². The predicted octanol–water partition coefficient (Wildman–Crippen LogP) is -0.405. The molecule has 0 spiro atoms. The van der Waals surface area contributed by atoms with Crippen LogP contribution in [0.5, 0.6) is 0 Å². The zero-order valence-electron chi connectivity index (χ0n) is 6.72. The van der Waals surface area contributed by atoms with Crippen LogP contribution in [0, 0.1) is 0 Å². The van der Waals surface area contributed by atoms with E-state index in [0.717, 1.165) is 0 Å². The van der Waals surface area contributed by atoms with Gasteiger partial charge in [0.1, 0.15) is 12.5 Å². The molecule has 5 N–H and O–H groups in total. The van der Waals surface area contributed by atoms with E-state index in [-0.39, 0.29) is 0 Å². The maximum Gasteiger partial charge on any atom is 0.177 e. The molecule has 12 heavy (non-hydrogen) atoms. The summed E-state index contributed by atoms with van der Waals surface area (Å²) in [4.78, 5) is 7.10. The molecule has 5 nitrogen and oxygen atoms in total. The van der Waals surface area contributed by atoms with Crippen LogP contribution >= 0.6 is 8.69 Å². The Hall–Kier alpha value is -0.450. The average molecular weight is 194 g/mol. The third kappa shape index (κ3) is 12.2. The molecule has 0 saturated heterocycles. The molecule has 0 bridgehead atoms. The second-order valence-electron chi connectivity index (χ2n) is 1.64. The lowest BCUT2D eigenvalue weighted by atomic mass is 10.5. The molecule has 0 aliphatic heterocycles. The number of hydrogen-bond acceptors (Lipinski definition) is 4.